The number of nitrogens with zero attached hydrogens (tertiary/aromatic N) is 3. The first kappa shape index (κ1) is 18.6. The van der Waals surface area contributed by atoms with Crippen molar-refractivity contribution >= 4 is 40.4 Å². The van der Waals surface area contributed by atoms with Gasteiger partial charge in [-0.25, -0.2) is 5.06 Å². The third kappa shape index (κ3) is 3.52. The smallest absolute Gasteiger partial charge is 0.155 e. The Morgan fingerprint density at radius 2 is 1.78 bits per heavy atom. The van der Waals surface area contributed by atoms with Gasteiger partial charge in [0.1, 0.15) is 5.54 Å². The van der Waals surface area contributed by atoms with Gasteiger partial charge in [-0.15, -0.1) is 0 Å². The summed E-state index contributed by atoms with van der Waals surface area (Å²) in [6.07, 6.45) is 1.68. The molecule has 2 aliphatic heterocycles. The number of rotatable bonds is 2. The monoisotopic (exact) mass is 404 g/mol. The highest BCUT2D eigenvalue weighted by molar-refractivity contribution is 6.42. The van der Waals surface area contributed by atoms with Crippen LogP contribution in [0.25, 0.3) is 0 Å². The number of nitrogens with one attached hydrogen (secondary N) is 1. The van der Waals surface area contributed by atoms with Gasteiger partial charge in [0.2, 0.25) is 0 Å². The van der Waals surface area contributed by atoms with E-state index in [0.717, 1.165) is 37.2 Å². The van der Waals surface area contributed by atoms with E-state index >= 15 is 0 Å². The minimum Gasteiger partial charge on any atom is -0.371 e. The summed E-state index contributed by atoms with van der Waals surface area (Å²) in [6, 6.07) is 13.5. The van der Waals surface area contributed by atoms with Crippen LogP contribution in [0.3, 0.4) is 0 Å². The minimum atomic E-state index is -0.430. The van der Waals surface area contributed by atoms with E-state index < -0.39 is 5.54 Å². The lowest BCUT2D eigenvalue weighted by Gasteiger charge is -2.48. The van der Waals surface area contributed by atoms with Gasteiger partial charge >= 0.3 is 0 Å². The van der Waals surface area contributed by atoms with E-state index in [9.17, 15) is 5.21 Å². The molecule has 1 fully saturated rings. The summed E-state index contributed by atoms with van der Waals surface area (Å²) >= 11 is 12.4. The lowest BCUT2D eigenvalue weighted by molar-refractivity contribution is 0.225. The summed E-state index contributed by atoms with van der Waals surface area (Å²) in [5.74, 6) is 0.630. The average Bonchev–Trinajstić information content (AvgIpc) is 2.67. The molecule has 1 spiro atoms. The molecular weight excluding hydrogens is 383 g/mol. The molecule has 2 N–H and O–H groups in total. The summed E-state index contributed by atoms with van der Waals surface area (Å²) in [5, 5.41) is 16.7. The molecule has 0 radical (unpaired) electrons. The second-order valence-corrected chi connectivity index (χ2v) is 8.05. The van der Waals surface area contributed by atoms with Crippen LogP contribution in [0.2, 0.25) is 10.0 Å². The summed E-state index contributed by atoms with van der Waals surface area (Å²) < 4.78 is 0. The van der Waals surface area contributed by atoms with Crippen molar-refractivity contribution in [1.29, 1.82) is 0 Å². The van der Waals surface area contributed by atoms with Crippen molar-refractivity contribution in [3.63, 3.8) is 0 Å². The van der Waals surface area contributed by atoms with Gasteiger partial charge in [-0.05, 0) is 37.6 Å². The summed E-state index contributed by atoms with van der Waals surface area (Å²) in [6.45, 7) is 2.34. The van der Waals surface area contributed by atoms with Gasteiger partial charge in [0.15, 0.2) is 5.84 Å². The van der Waals surface area contributed by atoms with Crippen LogP contribution in [0.1, 0.15) is 18.4 Å². The van der Waals surface area contributed by atoms with E-state index in [4.69, 9.17) is 28.2 Å². The molecule has 5 nitrogen and oxygen atoms in total. The predicted octanol–water partition coefficient (Wildman–Crippen LogP) is 4.68. The molecule has 0 amide bonds. The molecule has 142 valence electrons. The number of anilines is 2. The number of hydrogen-bond donors (Lipinski definition) is 2. The maximum Gasteiger partial charge on any atom is 0.155 e. The Kier molecular flexibility index (Phi) is 5.03. The molecule has 0 aliphatic carbocycles. The molecule has 0 aromatic heterocycles. The number of amidine groups is 1. The summed E-state index contributed by atoms with van der Waals surface area (Å²) in [5.41, 5.74) is 2.01. The number of hydrogen-bond acceptors (Lipinski definition) is 4. The zero-order chi connectivity index (χ0) is 19.0. The molecule has 7 heteroatoms. The van der Waals surface area contributed by atoms with Crippen molar-refractivity contribution < 1.29 is 5.21 Å². The Morgan fingerprint density at radius 3 is 2.48 bits per heavy atom. The fraction of sp³-hybridized carbons (Fsp3) is 0.350. The molecule has 0 saturated carbocycles. The molecular formula is C20H22Cl2N4O. The molecule has 2 aromatic rings. The maximum atomic E-state index is 11.0. The van der Waals surface area contributed by atoms with Crippen LogP contribution in [-0.2, 0) is 6.54 Å². The Hall–Kier alpha value is -1.79. The number of aliphatic imine (C=N–C) groups is 1. The average molecular weight is 405 g/mol. The highest BCUT2D eigenvalue weighted by atomic mass is 35.5. The van der Waals surface area contributed by atoms with Crippen molar-refractivity contribution in [3.05, 3.63) is 58.1 Å². The number of piperidine rings is 1. The fourth-order valence-corrected chi connectivity index (χ4v) is 4.08. The number of fused-ring (bicyclic) bond motifs is 1. The van der Waals surface area contributed by atoms with E-state index in [2.05, 4.69) is 17.3 Å². The maximum absolute atomic E-state index is 11.0. The summed E-state index contributed by atoms with van der Waals surface area (Å²) in [4.78, 5) is 7.11. The Balaban J connectivity index is 1.76. The fourth-order valence-electron chi connectivity index (χ4n) is 3.76. The third-order valence-corrected chi connectivity index (χ3v) is 6.09. The lowest BCUT2D eigenvalue weighted by Crippen LogP contribution is -2.61. The Labute approximate surface area is 169 Å². The Bertz CT molecular complexity index is 864. The Morgan fingerprint density at radius 1 is 1.11 bits per heavy atom. The van der Waals surface area contributed by atoms with Gasteiger partial charge in [-0.3, -0.25) is 10.2 Å². The van der Waals surface area contributed by atoms with E-state index in [1.165, 1.54) is 5.06 Å². The molecule has 0 unspecified atom stereocenters. The van der Waals surface area contributed by atoms with Gasteiger partial charge < -0.3 is 10.2 Å². The van der Waals surface area contributed by atoms with Crippen molar-refractivity contribution in [2.45, 2.75) is 24.9 Å². The SMILES string of the molecule is CN1CCC2(CC1)Nc1cc(Cl)c(Cl)cc1N(O)/C2=N/Cc1ccccc1. The van der Waals surface area contributed by atoms with E-state index in [1.54, 1.807) is 12.1 Å². The highest BCUT2D eigenvalue weighted by Gasteiger charge is 2.45. The van der Waals surface area contributed by atoms with Gasteiger partial charge in [0.25, 0.3) is 0 Å². The molecule has 2 heterocycles. The predicted molar refractivity (Wildman–Crippen MR) is 111 cm³/mol. The van der Waals surface area contributed by atoms with Gasteiger partial charge in [-0.1, -0.05) is 53.5 Å². The first-order valence-electron chi connectivity index (χ1n) is 9.02. The third-order valence-electron chi connectivity index (χ3n) is 5.36. The van der Waals surface area contributed by atoms with Crippen LogP contribution in [0, 0.1) is 0 Å². The largest absolute Gasteiger partial charge is 0.371 e. The second kappa shape index (κ2) is 7.32. The zero-order valence-corrected chi connectivity index (χ0v) is 16.6. The number of hydroxylamine groups is 1. The van der Waals surface area contributed by atoms with Gasteiger partial charge in [0, 0.05) is 13.1 Å². The van der Waals surface area contributed by atoms with E-state index in [-0.39, 0.29) is 0 Å². The minimum absolute atomic E-state index is 0.401. The quantitative estimate of drug-likeness (QED) is 0.762. The van der Waals surface area contributed by atoms with Crippen molar-refractivity contribution in [3.8, 4) is 0 Å². The van der Waals surface area contributed by atoms with E-state index in [1.807, 2.05) is 30.3 Å². The van der Waals surface area contributed by atoms with Crippen LogP contribution >= 0.6 is 23.2 Å². The van der Waals surface area contributed by atoms with Crippen molar-refractivity contribution in [2.75, 3.05) is 30.5 Å². The van der Waals surface area contributed by atoms with Gasteiger partial charge in [0.05, 0.1) is 28.0 Å². The molecule has 4 rings (SSSR count). The number of likely N-dealkylation sites (tertiary alicyclic amines) is 1. The van der Waals surface area contributed by atoms with Crippen molar-refractivity contribution in [2.24, 2.45) is 4.99 Å². The second-order valence-electron chi connectivity index (χ2n) is 7.23. The van der Waals surface area contributed by atoms with Crippen LogP contribution in [-0.4, -0.2) is 41.6 Å². The topological polar surface area (TPSA) is 51.1 Å². The zero-order valence-electron chi connectivity index (χ0n) is 15.1. The molecule has 2 aromatic carbocycles. The highest BCUT2D eigenvalue weighted by Crippen LogP contribution is 2.43. The number of halogens is 2. The molecule has 0 atom stereocenters. The molecule has 27 heavy (non-hydrogen) atoms. The van der Waals surface area contributed by atoms with Crippen molar-refractivity contribution in [1.82, 2.24) is 4.90 Å². The van der Waals surface area contributed by atoms with Crippen LogP contribution in [0.15, 0.2) is 47.5 Å². The molecule has 1 saturated heterocycles. The van der Waals surface area contributed by atoms with Crippen LogP contribution in [0.5, 0.6) is 0 Å². The summed E-state index contributed by atoms with van der Waals surface area (Å²) in [7, 11) is 2.11. The van der Waals surface area contributed by atoms with Gasteiger partial charge in [-0.2, -0.15) is 0 Å². The normalized spacial score (nSPS) is 20.6. The van der Waals surface area contributed by atoms with E-state index in [0.29, 0.717) is 28.1 Å². The van der Waals surface area contributed by atoms with Crippen LogP contribution in [0.4, 0.5) is 11.4 Å². The molecule has 0 bridgehead atoms. The first-order valence-corrected chi connectivity index (χ1v) is 9.78. The lowest BCUT2D eigenvalue weighted by atomic mass is 9.83. The molecule has 2 aliphatic rings. The van der Waals surface area contributed by atoms with Crippen LogP contribution < -0.4 is 10.4 Å². The first-order chi connectivity index (χ1) is 13.0. The number of benzene rings is 2. The standard InChI is InChI=1S/C20H22Cl2N4O/c1-25-9-7-20(8-10-25)19(23-13-14-5-3-2-4-6-14)26(27)18-12-16(22)15(21)11-17(18)24-20/h2-6,11-12,24,27H,7-10,13H2,1H3/b23-19+.